The number of halogens is 2. The first-order valence-electron chi connectivity index (χ1n) is 9.33. The highest BCUT2D eigenvalue weighted by Gasteiger charge is 2.32. The molecule has 1 atom stereocenters. The summed E-state index contributed by atoms with van der Waals surface area (Å²) >= 11 is 0. The Morgan fingerprint density at radius 3 is 2.58 bits per heavy atom. The molecule has 0 amide bonds. The fourth-order valence-electron chi connectivity index (χ4n) is 3.14. The molecule has 2 heterocycles. The number of nitrogens with zero attached hydrogens (tertiary/aromatic N) is 2. The van der Waals surface area contributed by atoms with Crippen molar-refractivity contribution in [3.8, 4) is 11.8 Å². The Morgan fingerprint density at radius 2 is 1.84 bits per heavy atom. The number of carbonyl (C=O) groups is 1. The Kier molecular flexibility index (Phi) is 5.74. The van der Waals surface area contributed by atoms with Crippen LogP contribution in [0.1, 0.15) is 27.0 Å². The molecule has 7 heteroatoms. The van der Waals surface area contributed by atoms with Crippen molar-refractivity contribution in [3.05, 3.63) is 99.7 Å². The molecule has 1 aliphatic rings. The standard InChI is InChI=1S/C24H16F2N2O2S/c1-28-22-8-6-17(4-2-3-16-9-11-27-12-10-16)13-19(22)24(29)23(31(28)30)15-18-5-7-20(25)21(26)14-18/h5-15H,3H2,1H3/b23-15-. The van der Waals surface area contributed by atoms with Gasteiger partial charge < -0.3 is 0 Å². The number of pyridine rings is 1. The minimum absolute atomic E-state index is 0.0112. The van der Waals surface area contributed by atoms with Crippen LogP contribution in [0.5, 0.6) is 0 Å². The first kappa shape index (κ1) is 20.6. The van der Waals surface area contributed by atoms with E-state index >= 15 is 0 Å². The number of rotatable bonds is 2. The summed E-state index contributed by atoms with van der Waals surface area (Å²) < 4.78 is 41.0. The Labute approximate surface area is 180 Å². The van der Waals surface area contributed by atoms with Gasteiger partial charge in [-0.25, -0.2) is 13.0 Å². The van der Waals surface area contributed by atoms with Gasteiger partial charge in [-0.2, -0.15) is 0 Å². The van der Waals surface area contributed by atoms with E-state index in [2.05, 4.69) is 16.8 Å². The van der Waals surface area contributed by atoms with Crippen molar-refractivity contribution < 1.29 is 17.8 Å². The molecular weight excluding hydrogens is 418 g/mol. The van der Waals surface area contributed by atoms with Gasteiger partial charge in [0.25, 0.3) is 0 Å². The summed E-state index contributed by atoms with van der Waals surface area (Å²) in [6, 6.07) is 12.1. The summed E-state index contributed by atoms with van der Waals surface area (Å²) in [5.41, 5.74) is 2.80. The van der Waals surface area contributed by atoms with Crippen LogP contribution >= 0.6 is 0 Å². The third-order valence-electron chi connectivity index (χ3n) is 4.76. The molecule has 0 saturated carbocycles. The molecule has 4 rings (SSSR count). The maximum atomic E-state index is 13.5. The molecule has 1 aliphatic heterocycles. The van der Waals surface area contributed by atoms with Crippen LogP contribution in [0.3, 0.4) is 0 Å². The largest absolute Gasteiger partial charge is 0.290 e. The normalized spacial score (nSPS) is 16.6. The second-order valence-electron chi connectivity index (χ2n) is 6.82. The molecule has 1 aromatic heterocycles. The molecule has 1 unspecified atom stereocenters. The lowest BCUT2D eigenvalue weighted by atomic mass is 10.0. The Balaban J connectivity index is 1.67. The van der Waals surface area contributed by atoms with Crippen LogP contribution in [0.15, 0.2) is 65.8 Å². The molecule has 0 fully saturated rings. The minimum Gasteiger partial charge on any atom is -0.290 e. The SMILES string of the molecule is CN1c2ccc(C#CCc3ccncc3)cc2C(=O)/C(=C/c2ccc(F)c(F)c2)S1=O. The van der Waals surface area contributed by atoms with Gasteiger partial charge in [-0.3, -0.25) is 14.1 Å². The van der Waals surface area contributed by atoms with Gasteiger partial charge in [0.2, 0.25) is 5.78 Å². The van der Waals surface area contributed by atoms with Crippen LogP contribution in [0.4, 0.5) is 14.5 Å². The second-order valence-corrected chi connectivity index (χ2v) is 8.31. The third-order valence-corrected chi connectivity index (χ3v) is 6.13. The van der Waals surface area contributed by atoms with E-state index in [1.165, 1.54) is 16.4 Å². The van der Waals surface area contributed by atoms with E-state index in [9.17, 15) is 17.8 Å². The fraction of sp³-hybridized carbons (Fsp3) is 0.0833. The van der Waals surface area contributed by atoms with Crippen molar-refractivity contribution >= 4 is 28.5 Å². The fourth-order valence-corrected chi connectivity index (χ4v) is 4.28. The van der Waals surface area contributed by atoms with Gasteiger partial charge in [-0.15, -0.1) is 0 Å². The van der Waals surface area contributed by atoms with Crippen molar-refractivity contribution in [2.75, 3.05) is 11.4 Å². The molecule has 154 valence electrons. The van der Waals surface area contributed by atoms with Gasteiger partial charge in [0.05, 0.1) is 5.69 Å². The lowest BCUT2D eigenvalue weighted by Crippen LogP contribution is -2.31. The predicted octanol–water partition coefficient (Wildman–Crippen LogP) is 4.29. The van der Waals surface area contributed by atoms with E-state index in [0.717, 1.165) is 17.7 Å². The smallest absolute Gasteiger partial charge is 0.205 e. The number of allylic oxidation sites excluding steroid dienone is 1. The Hall–Kier alpha value is -3.63. The summed E-state index contributed by atoms with van der Waals surface area (Å²) in [5.74, 6) is 3.64. The van der Waals surface area contributed by atoms with Gasteiger partial charge in [0.1, 0.15) is 4.91 Å². The van der Waals surface area contributed by atoms with E-state index in [1.807, 2.05) is 12.1 Å². The summed E-state index contributed by atoms with van der Waals surface area (Å²) in [5, 5.41) is 0. The molecule has 4 nitrogen and oxygen atoms in total. The van der Waals surface area contributed by atoms with Crippen molar-refractivity contribution in [3.63, 3.8) is 0 Å². The number of ketones is 1. The van der Waals surface area contributed by atoms with Crippen LogP contribution < -0.4 is 4.31 Å². The van der Waals surface area contributed by atoms with Gasteiger partial charge >= 0.3 is 0 Å². The molecule has 3 aromatic rings. The number of aromatic nitrogens is 1. The second kappa shape index (κ2) is 8.62. The maximum absolute atomic E-state index is 13.5. The summed E-state index contributed by atoms with van der Waals surface area (Å²) in [4.78, 5) is 17.0. The summed E-state index contributed by atoms with van der Waals surface area (Å²) in [6.07, 6.45) is 5.26. The molecule has 0 N–H and O–H groups in total. The lowest BCUT2D eigenvalue weighted by molar-refractivity contribution is 0.104. The van der Waals surface area contributed by atoms with Gasteiger partial charge in [0, 0.05) is 37.0 Å². The quantitative estimate of drug-likeness (QED) is 0.447. The first-order chi connectivity index (χ1) is 14.9. The van der Waals surface area contributed by atoms with Crippen molar-refractivity contribution in [1.29, 1.82) is 0 Å². The molecule has 0 saturated heterocycles. The highest BCUT2D eigenvalue weighted by atomic mass is 32.2. The van der Waals surface area contributed by atoms with Crippen LogP contribution in [0.25, 0.3) is 6.08 Å². The number of Topliss-reactive ketones (excluding diaryl/α,β-unsaturated/α-hetero) is 1. The van der Waals surface area contributed by atoms with Gasteiger partial charge in [-0.05, 0) is 59.7 Å². The number of hydrogen-bond acceptors (Lipinski definition) is 3. The first-order valence-corrected chi connectivity index (χ1v) is 10.4. The summed E-state index contributed by atoms with van der Waals surface area (Å²) in [6.45, 7) is 0. The zero-order valence-electron chi connectivity index (χ0n) is 16.4. The molecule has 0 radical (unpaired) electrons. The zero-order chi connectivity index (χ0) is 22.0. The number of fused-ring (bicyclic) bond motifs is 1. The van der Waals surface area contributed by atoms with E-state index in [1.54, 1.807) is 37.6 Å². The number of anilines is 1. The molecule has 0 spiro atoms. The van der Waals surface area contributed by atoms with Crippen molar-refractivity contribution in [2.45, 2.75) is 6.42 Å². The Morgan fingerprint density at radius 1 is 1.06 bits per heavy atom. The zero-order valence-corrected chi connectivity index (χ0v) is 17.2. The highest BCUT2D eigenvalue weighted by Crippen LogP contribution is 2.33. The van der Waals surface area contributed by atoms with Crippen molar-refractivity contribution in [2.24, 2.45) is 0 Å². The molecule has 0 bridgehead atoms. The van der Waals surface area contributed by atoms with Gasteiger partial charge in [0.15, 0.2) is 22.6 Å². The number of hydrogen-bond donors (Lipinski definition) is 0. The highest BCUT2D eigenvalue weighted by molar-refractivity contribution is 7.91. The maximum Gasteiger partial charge on any atom is 0.205 e. The van der Waals surface area contributed by atoms with Crippen LogP contribution in [0, 0.1) is 23.5 Å². The van der Waals surface area contributed by atoms with E-state index < -0.39 is 28.4 Å². The summed E-state index contributed by atoms with van der Waals surface area (Å²) in [7, 11) is -0.170. The molecule has 0 aliphatic carbocycles. The van der Waals surface area contributed by atoms with Crippen LogP contribution in [-0.4, -0.2) is 22.0 Å². The van der Waals surface area contributed by atoms with E-state index in [4.69, 9.17) is 0 Å². The van der Waals surface area contributed by atoms with Gasteiger partial charge in [-0.1, -0.05) is 17.9 Å². The monoisotopic (exact) mass is 434 g/mol. The molecule has 31 heavy (non-hydrogen) atoms. The third kappa shape index (κ3) is 4.30. The average molecular weight is 434 g/mol. The van der Waals surface area contributed by atoms with Crippen LogP contribution in [-0.2, 0) is 17.4 Å². The van der Waals surface area contributed by atoms with Crippen molar-refractivity contribution in [1.82, 2.24) is 4.98 Å². The topological polar surface area (TPSA) is 50.3 Å². The number of benzene rings is 2. The molecule has 2 aromatic carbocycles. The van der Waals surface area contributed by atoms with Crippen LogP contribution in [0.2, 0.25) is 0 Å². The lowest BCUT2D eigenvalue weighted by Gasteiger charge is -2.27. The average Bonchev–Trinajstić information content (AvgIpc) is 2.78. The predicted molar refractivity (Wildman–Crippen MR) is 116 cm³/mol. The number of carbonyl (C=O) groups excluding carboxylic acids is 1. The van der Waals surface area contributed by atoms with E-state index in [-0.39, 0.29) is 10.5 Å². The van der Waals surface area contributed by atoms with E-state index in [0.29, 0.717) is 23.2 Å². The minimum atomic E-state index is -1.78. The molecular formula is C24H16F2N2O2S. The Bertz CT molecular complexity index is 1290.